The van der Waals surface area contributed by atoms with Crippen LogP contribution in [-0.4, -0.2) is 19.4 Å². The molecule has 2 heteroatoms. The standard InChI is InChI=1S/C6H9NO/c8-4-6-1-5(6)2-7-3-6/h4-5,7H,1-3H2. The Bertz CT molecular complexity index is 134. The molecule has 1 aliphatic heterocycles. The highest BCUT2D eigenvalue weighted by atomic mass is 16.1. The van der Waals surface area contributed by atoms with Crippen LogP contribution in [0.25, 0.3) is 0 Å². The molecule has 0 aromatic carbocycles. The van der Waals surface area contributed by atoms with Gasteiger partial charge in [-0.15, -0.1) is 0 Å². The molecular formula is C6H9NO. The van der Waals surface area contributed by atoms with Crippen LogP contribution in [0.1, 0.15) is 6.42 Å². The van der Waals surface area contributed by atoms with Crippen LogP contribution in [0.4, 0.5) is 0 Å². The molecule has 1 heterocycles. The number of fused-ring (bicyclic) bond motifs is 1. The van der Waals surface area contributed by atoms with Crippen molar-refractivity contribution in [1.29, 1.82) is 0 Å². The molecule has 0 amide bonds. The SMILES string of the molecule is O=CC12CNCC1C2. The summed E-state index contributed by atoms with van der Waals surface area (Å²) in [5, 5.41) is 3.18. The van der Waals surface area contributed by atoms with Crippen molar-refractivity contribution >= 4 is 6.29 Å². The molecule has 0 aromatic rings. The van der Waals surface area contributed by atoms with Gasteiger partial charge in [0.05, 0.1) is 0 Å². The molecule has 1 saturated carbocycles. The van der Waals surface area contributed by atoms with E-state index in [1.807, 2.05) is 0 Å². The largest absolute Gasteiger partial charge is 0.315 e. The van der Waals surface area contributed by atoms with E-state index in [-0.39, 0.29) is 5.41 Å². The van der Waals surface area contributed by atoms with Gasteiger partial charge in [-0.1, -0.05) is 0 Å². The van der Waals surface area contributed by atoms with Crippen LogP contribution in [0, 0.1) is 11.3 Å². The first-order chi connectivity index (χ1) is 3.87. The predicted molar refractivity (Wildman–Crippen MR) is 29.5 cm³/mol. The third kappa shape index (κ3) is 0.348. The number of hydrogen-bond acceptors (Lipinski definition) is 2. The molecule has 0 spiro atoms. The molecule has 2 unspecified atom stereocenters. The van der Waals surface area contributed by atoms with E-state index < -0.39 is 0 Å². The summed E-state index contributed by atoms with van der Waals surface area (Å²) in [4.78, 5) is 10.3. The van der Waals surface area contributed by atoms with Gasteiger partial charge in [0.1, 0.15) is 6.29 Å². The van der Waals surface area contributed by atoms with E-state index in [2.05, 4.69) is 5.32 Å². The maximum atomic E-state index is 10.3. The van der Waals surface area contributed by atoms with Crippen LogP contribution in [0.3, 0.4) is 0 Å². The summed E-state index contributed by atoms with van der Waals surface area (Å²) >= 11 is 0. The van der Waals surface area contributed by atoms with Crippen LogP contribution in [-0.2, 0) is 4.79 Å². The van der Waals surface area contributed by atoms with E-state index in [9.17, 15) is 4.79 Å². The molecule has 0 aromatic heterocycles. The van der Waals surface area contributed by atoms with Gasteiger partial charge in [0.2, 0.25) is 0 Å². The second kappa shape index (κ2) is 1.13. The molecule has 2 atom stereocenters. The number of nitrogens with one attached hydrogen (secondary N) is 1. The maximum absolute atomic E-state index is 10.3. The summed E-state index contributed by atoms with van der Waals surface area (Å²) in [6.45, 7) is 2.00. The summed E-state index contributed by atoms with van der Waals surface area (Å²) < 4.78 is 0. The van der Waals surface area contributed by atoms with Gasteiger partial charge in [-0.05, 0) is 18.9 Å². The monoisotopic (exact) mass is 111 g/mol. The van der Waals surface area contributed by atoms with Crippen LogP contribution in [0.2, 0.25) is 0 Å². The fourth-order valence-electron chi connectivity index (χ4n) is 1.56. The van der Waals surface area contributed by atoms with Gasteiger partial charge < -0.3 is 10.1 Å². The fourth-order valence-corrected chi connectivity index (χ4v) is 1.56. The average molecular weight is 111 g/mol. The Balaban J connectivity index is 2.18. The van der Waals surface area contributed by atoms with Crippen molar-refractivity contribution in [3.63, 3.8) is 0 Å². The van der Waals surface area contributed by atoms with E-state index >= 15 is 0 Å². The van der Waals surface area contributed by atoms with Gasteiger partial charge >= 0.3 is 0 Å². The topological polar surface area (TPSA) is 29.1 Å². The zero-order valence-corrected chi connectivity index (χ0v) is 4.68. The minimum absolute atomic E-state index is 0.111. The summed E-state index contributed by atoms with van der Waals surface area (Å²) in [6.07, 6.45) is 2.27. The zero-order chi connectivity index (χ0) is 5.61. The van der Waals surface area contributed by atoms with Gasteiger partial charge in [0.15, 0.2) is 0 Å². The third-order valence-electron chi connectivity index (χ3n) is 2.36. The summed E-state index contributed by atoms with van der Waals surface area (Å²) in [6, 6.07) is 0. The molecule has 44 valence electrons. The zero-order valence-electron chi connectivity index (χ0n) is 4.68. The number of hydrogen-bond donors (Lipinski definition) is 1. The first kappa shape index (κ1) is 4.50. The molecule has 8 heavy (non-hydrogen) atoms. The average Bonchev–Trinajstić information content (AvgIpc) is 2.38. The molecule has 2 aliphatic rings. The molecule has 1 saturated heterocycles. The van der Waals surface area contributed by atoms with E-state index in [4.69, 9.17) is 0 Å². The highest BCUT2D eigenvalue weighted by Crippen LogP contribution is 2.52. The quantitative estimate of drug-likeness (QED) is 0.474. The third-order valence-corrected chi connectivity index (χ3v) is 2.36. The van der Waals surface area contributed by atoms with Crippen molar-refractivity contribution in [2.24, 2.45) is 11.3 Å². The van der Waals surface area contributed by atoms with Crippen molar-refractivity contribution in [3.05, 3.63) is 0 Å². The van der Waals surface area contributed by atoms with Crippen LogP contribution < -0.4 is 5.32 Å². The van der Waals surface area contributed by atoms with Crippen LogP contribution in [0.15, 0.2) is 0 Å². The van der Waals surface area contributed by atoms with E-state index in [0.717, 1.165) is 25.8 Å². The second-order valence-corrected chi connectivity index (χ2v) is 2.88. The highest BCUT2D eigenvalue weighted by molar-refractivity contribution is 5.66. The lowest BCUT2D eigenvalue weighted by Gasteiger charge is -1.96. The lowest BCUT2D eigenvalue weighted by molar-refractivity contribution is -0.112. The second-order valence-electron chi connectivity index (χ2n) is 2.88. The van der Waals surface area contributed by atoms with Crippen molar-refractivity contribution in [2.45, 2.75) is 6.42 Å². The number of carbonyl (C=O) groups excluding carboxylic acids is 1. The number of aldehydes is 1. The first-order valence-electron chi connectivity index (χ1n) is 3.04. The van der Waals surface area contributed by atoms with Crippen molar-refractivity contribution in [1.82, 2.24) is 5.32 Å². The fraction of sp³-hybridized carbons (Fsp3) is 0.833. The molecular weight excluding hydrogens is 102 g/mol. The number of piperidine rings is 1. The number of carbonyl (C=O) groups is 1. The Morgan fingerprint density at radius 1 is 1.75 bits per heavy atom. The summed E-state index contributed by atoms with van der Waals surface area (Å²) in [5.74, 6) is 0.694. The molecule has 2 rings (SSSR count). The molecule has 2 fully saturated rings. The maximum Gasteiger partial charge on any atom is 0.127 e. The highest BCUT2D eigenvalue weighted by Gasteiger charge is 2.57. The Hall–Kier alpha value is -0.370. The molecule has 0 bridgehead atoms. The van der Waals surface area contributed by atoms with E-state index in [0.29, 0.717) is 5.92 Å². The minimum Gasteiger partial charge on any atom is -0.315 e. The van der Waals surface area contributed by atoms with Crippen LogP contribution in [0.5, 0.6) is 0 Å². The van der Waals surface area contributed by atoms with E-state index in [1.165, 1.54) is 0 Å². The van der Waals surface area contributed by atoms with Gasteiger partial charge in [-0.2, -0.15) is 0 Å². The normalized spacial score (nSPS) is 50.8. The molecule has 0 radical (unpaired) electrons. The molecule has 1 N–H and O–H groups in total. The van der Waals surface area contributed by atoms with Crippen molar-refractivity contribution in [3.8, 4) is 0 Å². The lowest BCUT2D eigenvalue weighted by atomic mass is 10.1. The Kier molecular flexibility index (Phi) is 0.637. The predicted octanol–water partition coefficient (Wildman–Crippen LogP) is -0.205. The lowest BCUT2D eigenvalue weighted by Crippen LogP contribution is -2.16. The van der Waals surface area contributed by atoms with Crippen molar-refractivity contribution < 1.29 is 4.79 Å². The van der Waals surface area contributed by atoms with Crippen molar-refractivity contribution in [2.75, 3.05) is 13.1 Å². The van der Waals surface area contributed by atoms with Gasteiger partial charge in [0, 0.05) is 12.0 Å². The molecule has 1 aliphatic carbocycles. The first-order valence-corrected chi connectivity index (χ1v) is 3.04. The van der Waals surface area contributed by atoms with Gasteiger partial charge in [0.25, 0.3) is 0 Å². The Labute approximate surface area is 48.3 Å². The van der Waals surface area contributed by atoms with Gasteiger partial charge in [-0.25, -0.2) is 0 Å². The van der Waals surface area contributed by atoms with E-state index in [1.54, 1.807) is 0 Å². The number of rotatable bonds is 1. The Morgan fingerprint density at radius 3 is 2.88 bits per heavy atom. The summed E-state index contributed by atoms with van der Waals surface area (Å²) in [5.41, 5.74) is 0.111. The smallest absolute Gasteiger partial charge is 0.127 e. The Morgan fingerprint density at radius 2 is 2.62 bits per heavy atom. The van der Waals surface area contributed by atoms with Crippen LogP contribution >= 0.6 is 0 Å². The van der Waals surface area contributed by atoms with Gasteiger partial charge in [-0.3, -0.25) is 0 Å². The summed E-state index contributed by atoms with van der Waals surface area (Å²) in [7, 11) is 0. The minimum atomic E-state index is 0.111. The molecule has 2 nitrogen and oxygen atoms in total.